The van der Waals surface area contributed by atoms with E-state index in [1.54, 1.807) is 41.3 Å². The van der Waals surface area contributed by atoms with E-state index in [1.807, 2.05) is 44.2 Å². The van der Waals surface area contributed by atoms with Gasteiger partial charge in [-0.25, -0.2) is 8.42 Å². The van der Waals surface area contributed by atoms with Crippen molar-refractivity contribution in [3.05, 3.63) is 83.4 Å². The van der Waals surface area contributed by atoms with Gasteiger partial charge < -0.3 is 4.90 Å². The average Bonchev–Trinajstić information content (AvgIpc) is 3.27. The van der Waals surface area contributed by atoms with Crippen molar-refractivity contribution in [3.63, 3.8) is 0 Å². The standard InChI is InChI=1S/C26H25N3O3S/c1-3-28(4-2)33(31,32)21-13-14-25-19(17-21)15-16-29(25)26(30)24-12-8-7-11-23(24)22-10-6-5-9-20(22)18-27/h5-14,17H,3-4,15-16H2,1-2H3. The molecule has 1 aliphatic rings. The highest BCUT2D eigenvalue weighted by Crippen LogP contribution is 2.34. The molecule has 0 saturated heterocycles. The zero-order valence-corrected chi connectivity index (χ0v) is 19.5. The molecule has 1 aliphatic heterocycles. The van der Waals surface area contributed by atoms with Crippen LogP contribution in [0.25, 0.3) is 11.1 Å². The van der Waals surface area contributed by atoms with Crippen LogP contribution >= 0.6 is 0 Å². The molecule has 0 N–H and O–H groups in total. The van der Waals surface area contributed by atoms with Gasteiger partial charge in [-0.1, -0.05) is 50.2 Å². The highest BCUT2D eigenvalue weighted by molar-refractivity contribution is 7.89. The molecule has 0 atom stereocenters. The monoisotopic (exact) mass is 459 g/mol. The summed E-state index contributed by atoms with van der Waals surface area (Å²) in [7, 11) is -3.56. The number of carbonyl (C=O) groups excluding carboxylic acids is 1. The van der Waals surface area contributed by atoms with Crippen molar-refractivity contribution in [2.24, 2.45) is 0 Å². The lowest BCUT2D eigenvalue weighted by Gasteiger charge is -2.21. The Morgan fingerprint density at radius 1 is 1.00 bits per heavy atom. The Balaban J connectivity index is 1.71. The van der Waals surface area contributed by atoms with Gasteiger partial charge in [-0.15, -0.1) is 0 Å². The van der Waals surface area contributed by atoms with Crippen LogP contribution in [0, 0.1) is 11.3 Å². The molecular weight excluding hydrogens is 434 g/mol. The number of nitriles is 1. The summed E-state index contributed by atoms with van der Waals surface area (Å²) in [6, 6.07) is 21.7. The van der Waals surface area contributed by atoms with Gasteiger partial charge >= 0.3 is 0 Å². The topological polar surface area (TPSA) is 81.5 Å². The quantitative estimate of drug-likeness (QED) is 0.545. The lowest BCUT2D eigenvalue weighted by atomic mass is 9.95. The zero-order chi connectivity index (χ0) is 23.6. The normalized spacial score (nSPS) is 13.1. The second-order valence-corrected chi connectivity index (χ2v) is 9.73. The second kappa shape index (κ2) is 9.18. The Morgan fingerprint density at radius 3 is 2.36 bits per heavy atom. The first-order valence-corrected chi connectivity index (χ1v) is 12.4. The van der Waals surface area contributed by atoms with Crippen LogP contribution in [0.5, 0.6) is 0 Å². The Bertz CT molecular complexity index is 1360. The van der Waals surface area contributed by atoms with Crippen LogP contribution in [0.1, 0.15) is 35.3 Å². The lowest BCUT2D eigenvalue weighted by molar-refractivity contribution is 0.0990. The van der Waals surface area contributed by atoms with E-state index in [1.165, 1.54) is 4.31 Å². The number of hydrogen-bond donors (Lipinski definition) is 0. The summed E-state index contributed by atoms with van der Waals surface area (Å²) < 4.78 is 27.3. The summed E-state index contributed by atoms with van der Waals surface area (Å²) in [5.41, 5.74) is 3.99. The number of nitrogens with zero attached hydrogens (tertiary/aromatic N) is 3. The Morgan fingerprint density at radius 2 is 1.67 bits per heavy atom. The predicted octanol–water partition coefficient (Wildman–Crippen LogP) is 4.46. The molecule has 0 saturated carbocycles. The average molecular weight is 460 g/mol. The molecule has 0 aromatic heterocycles. The predicted molar refractivity (Wildman–Crippen MR) is 129 cm³/mol. The number of sulfonamides is 1. The minimum absolute atomic E-state index is 0.170. The molecule has 33 heavy (non-hydrogen) atoms. The number of rotatable bonds is 6. The van der Waals surface area contributed by atoms with Gasteiger partial charge in [0.05, 0.1) is 16.5 Å². The molecule has 0 aliphatic carbocycles. The molecule has 4 rings (SSSR count). The van der Waals surface area contributed by atoms with Crippen molar-refractivity contribution < 1.29 is 13.2 Å². The number of hydrogen-bond acceptors (Lipinski definition) is 4. The number of amides is 1. The largest absolute Gasteiger partial charge is 0.308 e. The van der Waals surface area contributed by atoms with E-state index in [4.69, 9.17) is 0 Å². The summed E-state index contributed by atoms with van der Waals surface area (Å²) in [5.74, 6) is -0.170. The number of benzene rings is 3. The van der Waals surface area contributed by atoms with Crippen LogP contribution in [-0.4, -0.2) is 38.3 Å². The maximum Gasteiger partial charge on any atom is 0.258 e. The summed E-state index contributed by atoms with van der Waals surface area (Å²) in [6.45, 7) is 4.91. The smallest absolute Gasteiger partial charge is 0.258 e. The van der Waals surface area contributed by atoms with Crippen molar-refractivity contribution in [1.29, 1.82) is 5.26 Å². The van der Waals surface area contributed by atoms with E-state index >= 15 is 0 Å². The summed E-state index contributed by atoms with van der Waals surface area (Å²) in [4.78, 5) is 15.5. The third-order valence-electron chi connectivity index (χ3n) is 6.03. The van der Waals surface area contributed by atoms with Crippen molar-refractivity contribution in [2.75, 3.05) is 24.5 Å². The fourth-order valence-electron chi connectivity index (χ4n) is 4.33. The van der Waals surface area contributed by atoms with E-state index in [0.717, 1.165) is 11.3 Å². The highest BCUT2D eigenvalue weighted by atomic mass is 32.2. The summed E-state index contributed by atoms with van der Waals surface area (Å²) in [5, 5.41) is 9.52. The third-order valence-corrected chi connectivity index (χ3v) is 8.08. The van der Waals surface area contributed by atoms with E-state index in [2.05, 4.69) is 6.07 Å². The molecule has 0 fully saturated rings. The van der Waals surface area contributed by atoms with Crippen molar-refractivity contribution >= 4 is 21.6 Å². The molecule has 3 aromatic rings. The van der Waals surface area contributed by atoms with Gasteiger partial charge in [-0.05, 0) is 47.9 Å². The van der Waals surface area contributed by atoms with Gasteiger partial charge in [0, 0.05) is 36.4 Å². The first-order chi connectivity index (χ1) is 15.9. The molecule has 0 bridgehead atoms. The van der Waals surface area contributed by atoms with Crippen LogP contribution in [0.3, 0.4) is 0 Å². The van der Waals surface area contributed by atoms with Crippen LogP contribution in [0.2, 0.25) is 0 Å². The minimum Gasteiger partial charge on any atom is -0.308 e. The molecule has 0 spiro atoms. The molecular formula is C26H25N3O3S. The van der Waals surface area contributed by atoms with E-state index < -0.39 is 10.0 Å². The van der Waals surface area contributed by atoms with E-state index in [-0.39, 0.29) is 10.8 Å². The molecule has 0 unspecified atom stereocenters. The minimum atomic E-state index is -3.56. The van der Waals surface area contributed by atoms with E-state index in [9.17, 15) is 18.5 Å². The van der Waals surface area contributed by atoms with Gasteiger partial charge in [0.2, 0.25) is 10.0 Å². The Hall–Kier alpha value is -3.47. The maximum atomic E-state index is 13.6. The molecule has 1 heterocycles. The summed E-state index contributed by atoms with van der Waals surface area (Å²) >= 11 is 0. The van der Waals surface area contributed by atoms with E-state index in [0.29, 0.717) is 48.3 Å². The van der Waals surface area contributed by atoms with Crippen LogP contribution in [0.15, 0.2) is 71.6 Å². The van der Waals surface area contributed by atoms with Crippen LogP contribution in [-0.2, 0) is 16.4 Å². The van der Waals surface area contributed by atoms with Crippen LogP contribution < -0.4 is 4.90 Å². The molecule has 6 nitrogen and oxygen atoms in total. The zero-order valence-electron chi connectivity index (χ0n) is 18.7. The van der Waals surface area contributed by atoms with Crippen molar-refractivity contribution in [1.82, 2.24) is 4.31 Å². The number of carbonyl (C=O) groups is 1. The SMILES string of the molecule is CCN(CC)S(=O)(=O)c1ccc2c(c1)CCN2C(=O)c1ccccc1-c1ccccc1C#N. The summed E-state index contributed by atoms with van der Waals surface area (Å²) in [6.07, 6.45) is 0.583. The second-order valence-electron chi connectivity index (χ2n) is 7.79. The molecule has 7 heteroatoms. The Labute approximate surface area is 194 Å². The first kappa shape index (κ1) is 22.7. The lowest BCUT2D eigenvalue weighted by Crippen LogP contribution is -2.31. The number of anilines is 1. The van der Waals surface area contributed by atoms with Gasteiger partial charge in [0.1, 0.15) is 0 Å². The maximum absolute atomic E-state index is 13.6. The van der Waals surface area contributed by atoms with Gasteiger partial charge in [0.25, 0.3) is 5.91 Å². The van der Waals surface area contributed by atoms with Crippen molar-refractivity contribution in [2.45, 2.75) is 25.2 Å². The molecule has 3 aromatic carbocycles. The fourth-order valence-corrected chi connectivity index (χ4v) is 5.84. The van der Waals surface area contributed by atoms with Crippen LogP contribution in [0.4, 0.5) is 5.69 Å². The highest BCUT2D eigenvalue weighted by Gasteiger charge is 2.30. The molecule has 0 radical (unpaired) electrons. The fraction of sp³-hybridized carbons (Fsp3) is 0.231. The molecule has 168 valence electrons. The van der Waals surface area contributed by atoms with Gasteiger partial charge in [-0.2, -0.15) is 9.57 Å². The number of fused-ring (bicyclic) bond motifs is 1. The third kappa shape index (κ3) is 4.04. The first-order valence-electron chi connectivity index (χ1n) is 11.0. The van der Waals surface area contributed by atoms with Gasteiger partial charge in [0.15, 0.2) is 0 Å². The van der Waals surface area contributed by atoms with Gasteiger partial charge in [-0.3, -0.25) is 4.79 Å². The molecule has 1 amide bonds. The van der Waals surface area contributed by atoms with Crippen molar-refractivity contribution in [3.8, 4) is 17.2 Å². The Kier molecular flexibility index (Phi) is 6.32.